The van der Waals surface area contributed by atoms with Gasteiger partial charge in [-0.3, -0.25) is 9.67 Å². The van der Waals surface area contributed by atoms with E-state index in [1.165, 1.54) is 5.56 Å². The molecule has 3 heterocycles. The van der Waals surface area contributed by atoms with Crippen LogP contribution < -0.4 is 5.32 Å². The van der Waals surface area contributed by atoms with Crippen LogP contribution in [0.15, 0.2) is 67.0 Å². The van der Waals surface area contributed by atoms with E-state index >= 15 is 0 Å². The number of benzene rings is 1. The normalized spacial score (nSPS) is 16.1. The zero-order chi connectivity index (χ0) is 20.1. The average molecular weight is 387 g/mol. The van der Waals surface area contributed by atoms with Crippen molar-refractivity contribution in [2.24, 2.45) is 0 Å². The molecule has 0 aliphatic carbocycles. The number of H-pyrrole nitrogens is 1. The van der Waals surface area contributed by atoms with Crippen molar-refractivity contribution in [3.05, 3.63) is 90.1 Å². The van der Waals surface area contributed by atoms with Crippen molar-refractivity contribution in [3.8, 4) is 5.69 Å². The Kier molecular flexibility index (Phi) is 5.76. The fraction of sp³-hybridized carbons (Fsp3) is 0.273. The molecule has 0 unspecified atom stereocenters. The van der Waals surface area contributed by atoms with E-state index in [9.17, 15) is 0 Å². The van der Waals surface area contributed by atoms with Crippen LogP contribution >= 0.6 is 0 Å². The second-order valence-corrected chi connectivity index (χ2v) is 7.08. The third-order valence-corrected chi connectivity index (χ3v) is 4.95. The topological polar surface area (TPSA) is 84.3 Å². The molecule has 1 aliphatic rings. The van der Waals surface area contributed by atoms with Gasteiger partial charge in [-0.05, 0) is 37.0 Å². The van der Waals surface area contributed by atoms with Gasteiger partial charge in [-0.15, -0.1) is 10.2 Å². The van der Waals surface area contributed by atoms with E-state index in [0.29, 0.717) is 13.0 Å². The van der Waals surface area contributed by atoms with E-state index in [-0.39, 0.29) is 6.04 Å². The first kappa shape index (κ1) is 19.0. The highest BCUT2D eigenvalue weighted by atomic mass is 15.3. The maximum Gasteiger partial charge on any atom is 0.164 e. The number of aromatic amines is 1. The van der Waals surface area contributed by atoms with E-state index in [4.69, 9.17) is 0 Å². The summed E-state index contributed by atoms with van der Waals surface area (Å²) in [4.78, 5) is 4.58. The number of nitrogens with one attached hydrogen (secondary N) is 2. The van der Waals surface area contributed by atoms with Crippen LogP contribution in [0.2, 0.25) is 0 Å². The molecule has 3 aromatic rings. The number of allylic oxidation sites excluding steroid dienone is 5. The van der Waals surface area contributed by atoms with E-state index < -0.39 is 0 Å². The second-order valence-electron chi connectivity index (χ2n) is 7.08. The zero-order valence-electron chi connectivity index (χ0n) is 16.5. The van der Waals surface area contributed by atoms with E-state index in [1.807, 2.05) is 37.3 Å². The number of rotatable bonds is 7. The van der Waals surface area contributed by atoms with Gasteiger partial charge in [0.15, 0.2) is 11.6 Å². The van der Waals surface area contributed by atoms with Gasteiger partial charge in [0.1, 0.15) is 12.2 Å². The van der Waals surface area contributed by atoms with Crippen LogP contribution in [-0.2, 0) is 19.4 Å². The molecular weight excluding hydrogens is 362 g/mol. The molecule has 2 N–H and O–H groups in total. The maximum atomic E-state index is 4.58. The third kappa shape index (κ3) is 4.41. The first-order chi connectivity index (χ1) is 14.2. The zero-order valence-corrected chi connectivity index (χ0v) is 16.5. The number of hydrogen-bond acceptors (Lipinski definition) is 5. The molecule has 0 saturated carbocycles. The Balaban J connectivity index is 1.40. The summed E-state index contributed by atoms with van der Waals surface area (Å²) in [5.74, 6) is 2.47. The Hall–Kier alpha value is -3.32. The molecule has 1 atom stereocenters. The lowest BCUT2D eigenvalue weighted by molar-refractivity contribution is 0.470. The summed E-state index contributed by atoms with van der Waals surface area (Å²) in [6, 6.07) is 8.50. The van der Waals surface area contributed by atoms with Gasteiger partial charge < -0.3 is 5.32 Å². The predicted octanol–water partition coefficient (Wildman–Crippen LogP) is 3.39. The number of para-hydroxylation sites is 1. The molecule has 7 heteroatoms. The van der Waals surface area contributed by atoms with Gasteiger partial charge in [0.2, 0.25) is 0 Å². The van der Waals surface area contributed by atoms with Crippen molar-refractivity contribution >= 4 is 0 Å². The number of nitrogens with zero attached hydrogens (tertiary/aromatic N) is 5. The maximum absolute atomic E-state index is 4.58. The Labute approximate surface area is 170 Å². The van der Waals surface area contributed by atoms with E-state index in [0.717, 1.165) is 41.6 Å². The first-order valence-electron chi connectivity index (χ1n) is 9.83. The summed E-state index contributed by atoms with van der Waals surface area (Å²) in [7, 11) is 0. The Morgan fingerprint density at radius 3 is 3.14 bits per heavy atom. The fourth-order valence-electron chi connectivity index (χ4n) is 3.53. The van der Waals surface area contributed by atoms with Crippen LogP contribution in [0.3, 0.4) is 0 Å². The van der Waals surface area contributed by atoms with Gasteiger partial charge in [-0.25, -0.2) is 4.98 Å². The van der Waals surface area contributed by atoms with Crippen molar-refractivity contribution in [3.63, 3.8) is 0 Å². The van der Waals surface area contributed by atoms with Crippen molar-refractivity contribution < 1.29 is 0 Å². The standard InChI is InChI=1S/C22H25N7/c1-3-4-5-8-16(2)13-20-25-21(27-26-20)14-23-18-12-11-17-9-6-7-10-19(17)29-15-24-28-22(18)29/h3-10,15,18,23H,2,11-14H2,1H3,(H,25,26,27)/b4-3-,8-5-/t18-/m0/s1. The highest BCUT2D eigenvalue weighted by Gasteiger charge is 2.24. The number of hydrogen-bond donors (Lipinski definition) is 2. The molecule has 29 heavy (non-hydrogen) atoms. The molecule has 7 nitrogen and oxygen atoms in total. The number of fused-ring (bicyclic) bond motifs is 3. The fourth-order valence-corrected chi connectivity index (χ4v) is 3.53. The van der Waals surface area contributed by atoms with Crippen LogP contribution in [0.4, 0.5) is 0 Å². The van der Waals surface area contributed by atoms with Crippen molar-refractivity contribution in [2.45, 2.75) is 38.8 Å². The highest BCUT2D eigenvalue weighted by Crippen LogP contribution is 2.28. The summed E-state index contributed by atoms with van der Waals surface area (Å²) >= 11 is 0. The van der Waals surface area contributed by atoms with Gasteiger partial charge in [-0.1, -0.05) is 49.1 Å². The lowest BCUT2D eigenvalue weighted by Gasteiger charge is -2.14. The van der Waals surface area contributed by atoms with Crippen molar-refractivity contribution in [1.29, 1.82) is 0 Å². The molecule has 148 valence electrons. The molecule has 0 fully saturated rings. The van der Waals surface area contributed by atoms with Gasteiger partial charge >= 0.3 is 0 Å². The molecule has 0 saturated heterocycles. The summed E-state index contributed by atoms with van der Waals surface area (Å²) in [5.41, 5.74) is 3.44. The minimum Gasteiger partial charge on any atom is -0.300 e. The van der Waals surface area contributed by atoms with Gasteiger partial charge in [0.25, 0.3) is 0 Å². The number of aromatic nitrogens is 6. The van der Waals surface area contributed by atoms with Crippen LogP contribution in [0.5, 0.6) is 0 Å². The smallest absolute Gasteiger partial charge is 0.164 e. The molecule has 2 aromatic heterocycles. The monoisotopic (exact) mass is 387 g/mol. The summed E-state index contributed by atoms with van der Waals surface area (Å²) in [6.07, 6.45) is 12.3. The summed E-state index contributed by atoms with van der Waals surface area (Å²) in [6.45, 7) is 6.60. The molecule has 4 rings (SSSR count). The largest absolute Gasteiger partial charge is 0.300 e. The van der Waals surface area contributed by atoms with Crippen molar-refractivity contribution in [2.75, 3.05) is 0 Å². The third-order valence-electron chi connectivity index (χ3n) is 4.95. The lowest BCUT2D eigenvalue weighted by Crippen LogP contribution is -2.24. The van der Waals surface area contributed by atoms with Gasteiger partial charge in [0, 0.05) is 6.42 Å². The first-order valence-corrected chi connectivity index (χ1v) is 9.83. The predicted molar refractivity (Wildman–Crippen MR) is 112 cm³/mol. The minimum atomic E-state index is 0.0885. The number of aryl methyl sites for hydroxylation is 1. The van der Waals surface area contributed by atoms with Crippen LogP contribution in [0, 0.1) is 0 Å². The molecule has 0 radical (unpaired) electrons. The van der Waals surface area contributed by atoms with Crippen LogP contribution in [0.25, 0.3) is 5.69 Å². The molecule has 1 aliphatic heterocycles. The van der Waals surface area contributed by atoms with E-state index in [2.05, 4.69) is 60.0 Å². The molecule has 1 aromatic carbocycles. The lowest BCUT2D eigenvalue weighted by atomic mass is 10.1. The average Bonchev–Trinajstić information content (AvgIpc) is 3.35. The van der Waals surface area contributed by atoms with Crippen LogP contribution in [-0.4, -0.2) is 29.9 Å². The summed E-state index contributed by atoms with van der Waals surface area (Å²) in [5, 5.41) is 19.4. The highest BCUT2D eigenvalue weighted by molar-refractivity contribution is 5.43. The van der Waals surface area contributed by atoms with E-state index in [1.54, 1.807) is 6.33 Å². The Bertz CT molecular complexity index is 1040. The summed E-state index contributed by atoms with van der Waals surface area (Å²) < 4.78 is 2.07. The molecule has 0 bridgehead atoms. The van der Waals surface area contributed by atoms with Gasteiger partial charge in [0.05, 0.1) is 18.3 Å². The molecule has 0 spiro atoms. The minimum absolute atomic E-state index is 0.0885. The molecular formula is C22H25N7. The SMILES string of the molecule is C=C(/C=C\C=C/C)Cc1nc(CN[C@H]2CCc3ccccc3-n3cnnc32)n[nH]1. The Morgan fingerprint density at radius 1 is 1.34 bits per heavy atom. The molecule has 0 amide bonds. The van der Waals surface area contributed by atoms with Gasteiger partial charge in [-0.2, -0.15) is 5.10 Å². The Morgan fingerprint density at radius 2 is 2.24 bits per heavy atom. The van der Waals surface area contributed by atoms with Crippen molar-refractivity contribution in [1.82, 2.24) is 35.3 Å². The second kappa shape index (κ2) is 8.79. The van der Waals surface area contributed by atoms with Crippen LogP contribution in [0.1, 0.15) is 42.4 Å². The quantitative estimate of drug-likeness (QED) is 0.607.